The van der Waals surface area contributed by atoms with Crippen molar-refractivity contribution in [3.63, 3.8) is 0 Å². The number of nitro groups is 1. The maximum absolute atomic E-state index is 10.6. The van der Waals surface area contributed by atoms with Crippen LogP contribution in [0.15, 0.2) is 18.3 Å². The maximum Gasteiger partial charge on any atom is 0.287 e. The molecule has 0 spiro atoms. The van der Waals surface area contributed by atoms with Gasteiger partial charge in [0.2, 0.25) is 0 Å². The van der Waals surface area contributed by atoms with Crippen molar-refractivity contribution in [2.75, 3.05) is 26.0 Å². The lowest BCUT2D eigenvalue weighted by atomic mass is 10.1. The molecule has 0 saturated carbocycles. The molecule has 0 radical (unpaired) electrons. The summed E-state index contributed by atoms with van der Waals surface area (Å²) in [5.74, 6) is 0.642. The van der Waals surface area contributed by atoms with E-state index >= 15 is 0 Å². The van der Waals surface area contributed by atoms with Crippen LogP contribution < -0.4 is 11.1 Å². The van der Waals surface area contributed by atoms with Crippen molar-refractivity contribution in [2.45, 2.75) is 18.9 Å². The van der Waals surface area contributed by atoms with Crippen LogP contribution in [0.5, 0.6) is 0 Å². The largest absolute Gasteiger partial charge is 0.388 e. The average Bonchev–Trinajstić information content (AvgIpc) is 2.36. The zero-order valence-corrected chi connectivity index (χ0v) is 11.7. The lowest BCUT2D eigenvalue weighted by Gasteiger charge is -2.20. The molecule has 1 aromatic heterocycles. The van der Waals surface area contributed by atoms with Crippen LogP contribution in [0.3, 0.4) is 0 Å². The van der Waals surface area contributed by atoms with Crippen LogP contribution in [0.2, 0.25) is 0 Å². The summed E-state index contributed by atoms with van der Waals surface area (Å²) in [6.07, 6.45) is 2.41. The first-order valence-corrected chi connectivity index (χ1v) is 6.23. The van der Waals surface area contributed by atoms with Crippen LogP contribution in [0.25, 0.3) is 0 Å². The summed E-state index contributed by atoms with van der Waals surface area (Å²) >= 11 is 0. The summed E-state index contributed by atoms with van der Waals surface area (Å²) in [7, 11) is 3.93. The maximum atomic E-state index is 10.6. The Morgan fingerprint density at radius 1 is 1.60 bits per heavy atom. The predicted molar refractivity (Wildman–Crippen MR) is 78.0 cm³/mol. The highest BCUT2D eigenvalue weighted by Gasteiger charge is 2.12. The van der Waals surface area contributed by atoms with Crippen LogP contribution in [0.1, 0.15) is 12.8 Å². The number of rotatable bonds is 8. The van der Waals surface area contributed by atoms with E-state index < -0.39 is 4.92 Å². The summed E-state index contributed by atoms with van der Waals surface area (Å²) in [5, 5.41) is 21.1. The third-order valence-electron chi connectivity index (χ3n) is 2.70. The van der Waals surface area contributed by atoms with Crippen molar-refractivity contribution < 1.29 is 4.92 Å². The second kappa shape index (κ2) is 7.39. The molecule has 8 heteroatoms. The Balaban J connectivity index is 2.67. The molecule has 0 aromatic carbocycles. The molecule has 20 heavy (non-hydrogen) atoms. The van der Waals surface area contributed by atoms with E-state index in [1.54, 1.807) is 6.07 Å². The van der Waals surface area contributed by atoms with Gasteiger partial charge >= 0.3 is 0 Å². The summed E-state index contributed by atoms with van der Waals surface area (Å²) < 4.78 is 0. The minimum atomic E-state index is -0.490. The first kappa shape index (κ1) is 15.8. The van der Waals surface area contributed by atoms with E-state index in [1.165, 1.54) is 12.3 Å². The highest BCUT2D eigenvalue weighted by molar-refractivity contribution is 5.77. The molecular formula is C12H20N6O2. The van der Waals surface area contributed by atoms with Crippen LogP contribution in [-0.2, 0) is 0 Å². The first-order valence-electron chi connectivity index (χ1n) is 6.23. The zero-order valence-electron chi connectivity index (χ0n) is 11.7. The average molecular weight is 280 g/mol. The van der Waals surface area contributed by atoms with Gasteiger partial charge in [-0.1, -0.05) is 0 Å². The van der Waals surface area contributed by atoms with E-state index in [-0.39, 0.29) is 17.6 Å². The lowest BCUT2D eigenvalue weighted by molar-refractivity contribution is -0.385. The second-order valence-corrected chi connectivity index (χ2v) is 4.82. The fraction of sp³-hybridized carbons (Fsp3) is 0.500. The zero-order chi connectivity index (χ0) is 15.1. The molecule has 1 atom stereocenters. The number of nitrogens with zero attached hydrogens (tertiary/aromatic N) is 3. The summed E-state index contributed by atoms with van der Waals surface area (Å²) in [6, 6.07) is 2.93. The molecule has 1 rings (SSSR count). The van der Waals surface area contributed by atoms with Gasteiger partial charge in [-0.05, 0) is 33.1 Å². The van der Waals surface area contributed by atoms with E-state index in [0.29, 0.717) is 12.2 Å². The molecule has 4 N–H and O–H groups in total. The Labute approximate surface area is 117 Å². The highest BCUT2D eigenvalue weighted by atomic mass is 16.6. The number of nitrogens with one attached hydrogen (secondary N) is 2. The Kier molecular flexibility index (Phi) is 5.85. The van der Waals surface area contributed by atoms with Crippen molar-refractivity contribution in [3.05, 3.63) is 28.4 Å². The third kappa shape index (κ3) is 5.61. The molecule has 0 bridgehead atoms. The Hall–Kier alpha value is -2.22. The Bertz CT molecular complexity index is 460. The van der Waals surface area contributed by atoms with Gasteiger partial charge in [0.15, 0.2) is 0 Å². The van der Waals surface area contributed by atoms with Crippen molar-refractivity contribution in [1.29, 1.82) is 5.41 Å². The Morgan fingerprint density at radius 2 is 2.30 bits per heavy atom. The second-order valence-electron chi connectivity index (χ2n) is 4.82. The third-order valence-corrected chi connectivity index (χ3v) is 2.70. The fourth-order valence-electron chi connectivity index (χ4n) is 1.69. The molecule has 0 fully saturated rings. The van der Waals surface area contributed by atoms with E-state index in [1.807, 2.05) is 19.0 Å². The topological polar surface area (TPSA) is 121 Å². The quantitative estimate of drug-likeness (QED) is 0.283. The smallest absolute Gasteiger partial charge is 0.287 e. The van der Waals surface area contributed by atoms with Gasteiger partial charge in [0.25, 0.3) is 5.69 Å². The summed E-state index contributed by atoms with van der Waals surface area (Å²) in [6.45, 7) is 0.845. The molecule has 8 nitrogen and oxygen atoms in total. The number of pyridine rings is 1. The van der Waals surface area contributed by atoms with Gasteiger partial charge < -0.3 is 16.0 Å². The number of hydrogen-bond acceptors (Lipinski definition) is 6. The predicted octanol–water partition coefficient (Wildman–Crippen LogP) is 1.05. The van der Waals surface area contributed by atoms with Crippen molar-refractivity contribution in [2.24, 2.45) is 5.73 Å². The number of amidine groups is 1. The minimum absolute atomic E-state index is 0.0242. The monoisotopic (exact) mass is 280 g/mol. The molecule has 0 aliphatic heterocycles. The van der Waals surface area contributed by atoms with Gasteiger partial charge in [-0.25, -0.2) is 4.98 Å². The van der Waals surface area contributed by atoms with Gasteiger partial charge in [0.05, 0.1) is 10.8 Å². The van der Waals surface area contributed by atoms with E-state index in [2.05, 4.69) is 10.3 Å². The van der Waals surface area contributed by atoms with Crippen molar-refractivity contribution >= 4 is 17.3 Å². The van der Waals surface area contributed by atoms with Crippen molar-refractivity contribution in [3.8, 4) is 0 Å². The molecule has 1 heterocycles. The number of anilines is 1. The molecule has 0 amide bonds. The van der Waals surface area contributed by atoms with Gasteiger partial charge in [-0.3, -0.25) is 15.5 Å². The summed E-state index contributed by atoms with van der Waals surface area (Å²) in [5.41, 5.74) is 5.39. The number of aromatic nitrogens is 1. The van der Waals surface area contributed by atoms with Gasteiger partial charge in [-0.2, -0.15) is 0 Å². The van der Waals surface area contributed by atoms with Gasteiger partial charge in [0, 0.05) is 18.5 Å². The molecular weight excluding hydrogens is 260 g/mol. The van der Waals surface area contributed by atoms with E-state index in [4.69, 9.17) is 11.1 Å². The molecule has 1 aromatic rings. The standard InChI is InChI=1S/C12H20N6O2/c1-17(2)6-5-9(7-11(13)14)16-12-4-3-10(8-15-12)18(19)20/h3-4,8-9H,5-7H2,1-2H3,(H3,13,14)(H,15,16). The molecule has 110 valence electrons. The van der Waals surface area contributed by atoms with Gasteiger partial charge in [-0.15, -0.1) is 0 Å². The van der Waals surface area contributed by atoms with Crippen LogP contribution >= 0.6 is 0 Å². The highest BCUT2D eigenvalue weighted by Crippen LogP contribution is 2.14. The minimum Gasteiger partial charge on any atom is -0.388 e. The molecule has 0 aliphatic rings. The first-order chi connectivity index (χ1) is 9.38. The molecule has 1 unspecified atom stereocenters. The molecule has 0 aliphatic carbocycles. The van der Waals surface area contributed by atoms with Crippen LogP contribution in [0.4, 0.5) is 11.5 Å². The van der Waals surface area contributed by atoms with E-state index in [0.717, 1.165) is 13.0 Å². The SMILES string of the molecule is CN(C)CCC(CC(=N)N)Nc1ccc([N+](=O)[O-])cn1. The summed E-state index contributed by atoms with van der Waals surface area (Å²) in [4.78, 5) is 16.1. The number of hydrogen-bond donors (Lipinski definition) is 3. The fourth-order valence-corrected chi connectivity index (χ4v) is 1.69. The van der Waals surface area contributed by atoms with Crippen LogP contribution in [-0.4, -0.2) is 47.3 Å². The number of nitrogens with two attached hydrogens (primary N) is 1. The van der Waals surface area contributed by atoms with Crippen molar-refractivity contribution in [1.82, 2.24) is 9.88 Å². The Morgan fingerprint density at radius 3 is 2.75 bits per heavy atom. The van der Waals surface area contributed by atoms with Gasteiger partial charge in [0.1, 0.15) is 12.0 Å². The lowest BCUT2D eigenvalue weighted by Crippen LogP contribution is -2.30. The molecule has 0 saturated heterocycles. The van der Waals surface area contributed by atoms with E-state index in [9.17, 15) is 10.1 Å². The normalized spacial score (nSPS) is 12.2. The van der Waals surface area contributed by atoms with Crippen LogP contribution in [0, 0.1) is 15.5 Å².